The van der Waals surface area contributed by atoms with Crippen molar-refractivity contribution in [2.75, 3.05) is 6.54 Å². The van der Waals surface area contributed by atoms with Crippen molar-refractivity contribution in [2.24, 2.45) is 0 Å². The molecule has 1 aromatic carbocycles. The first-order valence-electron chi connectivity index (χ1n) is 5.65. The number of halogens is 1. The van der Waals surface area contributed by atoms with E-state index in [0.29, 0.717) is 18.5 Å². The topological polar surface area (TPSA) is 69.6 Å². The standard InChI is InChI=1S/C13H16FNO3/c14-11-5-2-1-4-10(11)7-8-12(16)15-9-3-6-13(17)18/h1-2,4-5,7-8,12,15-16H,3,6,9H2,(H,17,18)/b8-7+. The van der Waals surface area contributed by atoms with Gasteiger partial charge in [-0.1, -0.05) is 24.3 Å². The van der Waals surface area contributed by atoms with E-state index in [2.05, 4.69) is 5.32 Å². The molecular weight excluding hydrogens is 237 g/mol. The molecule has 0 aliphatic carbocycles. The van der Waals surface area contributed by atoms with Crippen molar-refractivity contribution in [3.63, 3.8) is 0 Å². The van der Waals surface area contributed by atoms with Gasteiger partial charge in [0, 0.05) is 12.0 Å². The molecule has 18 heavy (non-hydrogen) atoms. The van der Waals surface area contributed by atoms with Crippen molar-refractivity contribution < 1.29 is 19.4 Å². The zero-order valence-electron chi connectivity index (χ0n) is 9.84. The fraction of sp³-hybridized carbons (Fsp3) is 0.308. The number of carboxylic acid groups (broad SMARTS) is 1. The van der Waals surface area contributed by atoms with Gasteiger partial charge in [0.2, 0.25) is 0 Å². The van der Waals surface area contributed by atoms with Gasteiger partial charge < -0.3 is 10.2 Å². The Bertz CT molecular complexity index is 420. The lowest BCUT2D eigenvalue weighted by atomic mass is 10.2. The Kier molecular flexibility index (Phi) is 6.04. The van der Waals surface area contributed by atoms with E-state index < -0.39 is 12.2 Å². The molecule has 0 fully saturated rings. The minimum absolute atomic E-state index is 0.0523. The van der Waals surface area contributed by atoms with E-state index in [-0.39, 0.29) is 12.2 Å². The van der Waals surface area contributed by atoms with Gasteiger partial charge >= 0.3 is 5.97 Å². The van der Waals surface area contributed by atoms with Crippen molar-refractivity contribution in [1.29, 1.82) is 0 Å². The summed E-state index contributed by atoms with van der Waals surface area (Å²) in [5.74, 6) is -1.22. The molecule has 1 unspecified atom stereocenters. The van der Waals surface area contributed by atoms with Gasteiger partial charge in [0.1, 0.15) is 12.0 Å². The number of aliphatic carboxylic acids is 1. The number of aliphatic hydroxyl groups excluding tert-OH is 1. The fourth-order valence-electron chi connectivity index (χ4n) is 1.36. The van der Waals surface area contributed by atoms with Crippen molar-refractivity contribution in [3.05, 3.63) is 41.7 Å². The minimum Gasteiger partial charge on any atom is -0.481 e. The van der Waals surface area contributed by atoms with Gasteiger partial charge in [-0.25, -0.2) is 4.39 Å². The Morgan fingerprint density at radius 2 is 2.17 bits per heavy atom. The lowest BCUT2D eigenvalue weighted by Gasteiger charge is -2.07. The van der Waals surface area contributed by atoms with Crippen LogP contribution in [0.15, 0.2) is 30.3 Å². The highest BCUT2D eigenvalue weighted by molar-refractivity contribution is 5.66. The molecule has 1 atom stereocenters. The summed E-state index contributed by atoms with van der Waals surface area (Å²) in [6.45, 7) is 0.384. The highest BCUT2D eigenvalue weighted by Crippen LogP contribution is 2.08. The van der Waals surface area contributed by atoms with Crippen LogP contribution in [0.25, 0.3) is 6.08 Å². The zero-order chi connectivity index (χ0) is 13.4. The lowest BCUT2D eigenvalue weighted by molar-refractivity contribution is -0.137. The summed E-state index contributed by atoms with van der Waals surface area (Å²) >= 11 is 0. The second-order valence-corrected chi connectivity index (χ2v) is 3.78. The molecule has 0 radical (unpaired) electrons. The largest absolute Gasteiger partial charge is 0.481 e. The average molecular weight is 253 g/mol. The third-order valence-electron chi connectivity index (χ3n) is 2.28. The SMILES string of the molecule is O=C(O)CCCNC(O)/C=C/c1ccccc1F. The minimum atomic E-state index is -0.918. The van der Waals surface area contributed by atoms with Crippen LogP contribution >= 0.6 is 0 Å². The second kappa shape index (κ2) is 7.58. The maximum atomic E-state index is 13.2. The molecule has 0 spiro atoms. The Labute approximate surface area is 105 Å². The predicted octanol–water partition coefficient (Wildman–Crippen LogP) is 1.61. The first-order chi connectivity index (χ1) is 8.59. The third-order valence-corrected chi connectivity index (χ3v) is 2.28. The number of hydrogen-bond acceptors (Lipinski definition) is 3. The van der Waals surface area contributed by atoms with Crippen molar-refractivity contribution in [1.82, 2.24) is 5.32 Å². The van der Waals surface area contributed by atoms with Crippen LogP contribution in [0.2, 0.25) is 0 Å². The van der Waals surface area contributed by atoms with Crippen LogP contribution in [0, 0.1) is 5.82 Å². The van der Waals surface area contributed by atoms with Crippen LogP contribution in [0.4, 0.5) is 4.39 Å². The van der Waals surface area contributed by atoms with Crippen LogP contribution in [0.3, 0.4) is 0 Å². The van der Waals surface area contributed by atoms with E-state index in [9.17, 15) is 14.3 Å². The Morgan fingerprint density at radius 1 is 1.44 bits per heavy atom. The van der Waals surface area contributed by atoms with Gasteiger partial charge in [0.05, 0.1) is 0 Å². The molecule has 98 valence electrons. The Hall–Kier alpha value is -1.72. The quantitative estimate of drug-likeness (QED) is 0.510. The van der Waals surface area contributed by atoms with E-state index in [1.165, 1.54) is 18.2 Å². The summed E-state index contributed by atoms with van der Waals surface area (Å²) in [7, 11) is 0. The predicted molar refractivity (Wildman–Crippen MR) is 66.3 cm³/mol. The highest BCUT2D eigenvalue weighted by atomic mass is 19.1. The Morgan fingerprint density at radius 3 is 2.83 bits per heavy atom. The van der Waals surface area contributed by atoms with E-state index in [1.54, 1.807) is 18.2 Å². The van der Waals surface area contributed by atoms with Crippen LogP contribution in [0.1, 0.15) is 18.4 Å². The molecule has 0 saturated heterocycles. The molecule has 0 amide bonds. The number of benzene rings is 1. The van der Waals surface area contributed by atoms with Crippen LogP contribution in [-0.4, -0.2) is 29.0 Å². The molecule has 0 aliphatic rings. The summed E-state index contributed by atoms with van der Waals surface area (Å²) in [4.78, 5) is 10.2. The van der Waals surface area contributed by atoms with Gasteiger partial charge in [-0.05, 0) is 25.1 Å². The van der Waals surface area contributed by atoms with Gasteiger partial charge in [-0.15, -0.1) is 0 Å². The summed E-state index contributed by atoms with van der Waals surface area (Å²) in [6.07, 6.45) is 2.46. The number of carboxylic acids is 1. The summed E-state index contributed by atoms with van der Waals surface area (Å²) in [5.41, 5.74) is 0.392. The first-order valence-corrected chi connectivity index (χ1v) is 5.65. The van der Waals surface area contributed by atoms with Gasteiger partial charge in [-0.2, -0.15) is 0 Å². The summed E-state index contributed by atoms with van der Waals surface area (Å²) < 4.78 is 13.2. The third kappa shape index (κ3) is 5.56. The lowest BCUT2D eigenvalue weighted by Crippen LogP contribution is -2.27. The molecule has 0 aliphatic heterocycles. The van der Waals surface area contributed by atoms with Crippen molar-refractivity contribution >= 4 is 12.0 Å². The molecule has 1 aromatic rings. The Balaban J connectivity index is 2.33. The van der Waals surface area contributed by atoms with Gasteiger partial charge in [-0.3, -0.25) is 10.1 Å². The normalized spacial score (nSPS) is 12.8. The first kappa shape index (κ1) is 14.3. The van der Waals surface area contributed by atoms with Crippen LogP contribution < -0.4 is 5.32 Å². The second-order valence-electron chi connectivity index (χ2n) is 3.78. The molecule has 5 heteroatoms. The fourth-order valence-corrected chi connectivity index (χ4v) is 1.36. The smallest absolute Gasteiger partial charge is 0.303 e. The number of hydrogen-bond donors (Lipinski definition) is 3. The van der Waals surface area contributed by atoms with Gasteiger partial charge in [0.15, 0.2) is 0 Å². The molecular formula is C13H16FNO3. The number of carbonyl (C=O) groups is 1. The highest BCUT2D eigenvalue weighted by Gasteiger charge is 2.01. The van der Waals surface area contributed by atoms with Crippen molar-refractivity contribution in [2.45, 2.75) is 19.1 Å². The monoisotopic (exact) mass is 253 g/mol. The molecule has 0 heterocycles. The number of rotatable bonds is 7. The molecule has 4 nitrogen and oxygen atoms in total. The van der Waals surface area contributed by atoms with E-state index in [1.807, 2.05) is 0 Å². The average Bonchev–Trinajstić information content (AvgIpc) is 2.33. The van der Waals surface area contributed by atoms with E-state index >= 15 is 0 Å². The van der Waals surface area contributed by atoms with E-state index in [4.69, 9.17) is 5.11 Å². The molecule has 1 rings (SSSR count). The van der Waals surface area contributed by atoms with Gasteiger partial charge in [0.25, 0.3) is 0 Å². The van der Waals surface area contributed by atoms with Crippen molar-refractivity contribution in [3.8, 4) is 0 Å². The van der Waals surface area contributed by atoms with E-state index in [0.717, 1.165) is 0 Å². The zero-order valence-corrected chi connectivity index (χ0v) is 9.84. The van der Waals surface area contributed by atoms with Crippen LogP contribution in [-0.2, 0) is 4.79 Å². The maximum Gasteiger partial charge on any atom is 0.303 e. The molecule has 0 saturated carbocycles. The summed E-state index contributed by atoms with van der Waals surface area (Å²) in [6, 6.07) is 6.23. The summed E-state index contributed by atoms with van der Waals surface area (Å²) in [5, 5.41) is 20.6. The molecule has 3 N–H and O–H groups in total. The maximum absolute atomic E-state index is 13.2. The van der Waals surface area contributed by atoms with Crippen LogP contribution in [0.5, 0.6) is 0 Å². The molecule has 0 bridgehead atoms. The number of nitrogens with one attached hydrogen (secondary N) is 1. The number of aliphatic hydroxyl groups is 1. The molecule has 0 aromatic heterocycles.